The molecular weight excluding hydrogens is 168 g/mol. The first kappa shape index (κ1) is 8.81. The minimum Gasteiger partial charge on any atom is -0.465 e. The summed E-state index contributed by atoms with van der Waals surface area (Å²) in [7, 11) is 0. The van der Waals surface area contributed by atoms with Crippen molar-refractivity contribution in [1.82, 2.24) is 4.90 Å². The SMILES string of the molecule is NC1CC2CCN(C(=O)O)CC2C1. The molecule has 0 aromatic rings. The summed E-state index contributed by atoms with van der Waals surface area (Å²) in [6, 6.07) is 0.309. The van der Waals surface area contributed by atoms with Crippen molar-refractivity contribution < 1.29 is 9.90 Å². The van der Waals surface area contributed by atoms with Crippen LogP contribution in [0.4, 0.5) is 4.79 Å². The molecule has 3 atom stereocenters. The topological polar surface area (TPSA) is 66.6 Å². The monoisotopic (exact) mass is 184 g/mol. The zero-order valence-electron chi connectivity index (χ0n) is 7.65. The van der Waals surface area contributed by atoms with E-state index in [1.807, 2.05) is 0 Å². The summed E-state index contributed by atoms with van der Waals surface area (Å²) in [6.07, 6.45) is 2.33. The van der Waals surface area contributed by atoms with Gasteiger partial charge in [-0.1, -0.05) is 0 Å². The first-order valence-corrected chi connectivity index (χ1v) is 4.90. The maximum Gasteiger partial charge on any atom is 0.407 e. The molecular formula is C9H16N2O2. The largest absolute Gasteiger partial charge is 0.465 e. The van der Waals surface area contributed by atoms with Crippen molar-refractivity contribution in [3.8, 4) is 0 Å². The molecule has 74 valence electrons. The van der Waals surface area contributed by atoms with Gasteiger partial charge < -0.3 is 15.7 Å². The summed E-state index contributed by atoms with van der Waals surface area (Å²) >= 11 is 0. The van der Waals surface area contributed by atoms with Crippen LogP contribution in [-0.4, -0.2) is 35.2 Å². The van der Waals surface area contributed by atoms with Crippen LogP contribution in [0, 0.1) is 11.8 Å². The summed E-state index contributed by atoms with van der Waals surface area (Å²) in [4.78, 5) is 12.2. The van der Waals surface area contributed by atoms with Crippen LogP contribution in [0.1, 0.15) is 19.3 Å². The van der Waals surface area contributed by atoms with Crippen molar-refractivity contribution in [3.63, 3.8) is 0 Å². The zero-order valence-corrected chi connectivity index (χ0v) is 7.65. The van der Waals surface area contributed by atoms with Gasteiger partial charge in [-0.25, -0.2) is 4.79 Å². The lowest BCUT2D eigenvalue weighted by Crippen LogP contribution is -2.41. The maximum atomic E-state index is 10.7. The van der Waals surface area contributed by atoms with E-state index >= 15 is 0 Å². The van der Waals surface area contributed by atoms with E-state index < -0.39 is 6.09 Å². The van der Waals surface area contributed by atoms with Crippen LogP contribution < -0.4 is 5.73 Å². The van der Waals surface area contributed by atoms with Crippen molar-refractivity contribution in [2.75, 3.05) is 13.1 Å². The van der Waals surface area contributed by atoms with Gasteiger partial charge in [0.2, 0.25) is 0 Å². The number of fused-ring (bicyclic) bond motifs is 1. The summed E-state index contributed by atoms with van der Waals surface area (Å²) in [5, 5.41) is 8.82. The van der Waals surface area contributed by atoms with Crippen molar-refractivity contribution in [2.24, 2.45) is 17.6 Å². The number of piperidine rings is 1. The van der Waals surface area contributed by atoms with Crippen LogP contribution >= 0.6 is 0 Å². The van der Waals surface area contributed by atoms with Crippen molar-refractivity contribution in [1.29, 1.82) is 0 Å². The molecule has 1 aliphatic heterocycles. The van der Waals surface area contributed by atoms with Gasteiger partial charge in [0.15, 0.2) is 0 Å². The Hall–Kier alpha value is -0.770. The van der Waals surface area contributed by atoms with Crippen LogP contribution in [0.3, 0.4) is 0 Å². The van der Waals surface area contributed by atoms with E-state index in [0.717, 1.165) is 19.3 Å². The van der Waals surface area contributed by atoms with E-state index in [4.69, 9.17) is 10.8 Å². The molecule has 0 aromatic carbocycles. The fraction of sp³-hybridized carbons (Fsp3) is 0.889. The molecule has 4 nitrogen and oxygen atoms in total. The summed E-state index contributed by atoms with van der Waals surface area (Å²) in [5.41, 5.74) is 5.85. The van der Waals surface area contributed by atoms with E-state index in [2.05, 4.69) is 0 Å². The standard InChI is InChI=1S/C9H16N2O2/c10-8-3-6-1-2-11(9(12)13)5-7(6)4-8/h6-8H,1-5,10H2,(H,12,13). The fourth-order valence-electron chi connectivity index (χ4n) is 2.71. The Balaban J connectivity index is 1.97. The summed E-state index contributed by atoms with van der Waals surface area (Å²) < 4.78 is 0. The third kappa shape index (κ3) is 1.63. The van der Waals surface area contributed by atoms with E-state index in [0.29, 0.717) is 31.0 Å². The Bertz CT molecular complexity index is 220. The third-order valence-electron chi connectivity index (χ3n) is 3.37. The molecule has 1 aliphatic carbocycles. The van der Waals surface area contributed by atoms with Crippen LogP contribution in [0.2, 0.25) is 0 Å². The van der Waals surface area contributed by atoms with Crippen molar-refractivity contribution >= 4 is 6.09 Å². The van der Waals surface area contributed by atoms with Crippen molar-refractivity contribution in [2.45, 2.75) is 25.3 Å². The number of likely N-dealkylation sites (tertiary alicyclic amines) is 1. The van der Waals surface area contributed by atoms with Gasteiger partial charge in [-0.2, -0.15) is 0 Å². The molecule has 2 aliphatic rings. The number of hydrogen-bond donors (Lipinski definition) is 2. The Morgan fingerprint density at radius 1 is 1.38 bits per heavy atom. The Morgan fingerprint density at radius 3 is 2.77 bits per heavy atom. The molecule has 1 saturated carbocycles. The highest BCUT2D eigenvalue weighted by molar-refractivity contribution is 5.65. The third-order valence-corrected chi connectivity index (χ3v) is 3.37. The first-order chi connectivity index (χ1) is 6.16. The number of amides is 1. The number of hydrogen-bond acceptors (Lipinski definition) is 2. The molecule has 0 bridgehead atoms. The average molecular weight is 184 g/mol. The maximum absolute atomic E-state index is 10.7. The molecule has 1 amide bonds. The molecule has 4 heteroatoms. The Labute approximate surface area is 77.7 Å². The molecule has 3 N–H and O–H groups in total. The van der Waals surface area contributed by atoms with E-state index in [1.165, 1.54) is 4.90 Å². The second kappa shape index (κ2) is 3.18. The molecule has 3 unspecified atom stereocenters. The normalized spacial score (nSPS) is 38.8. The number of rotatable bonds is 0. The van der Waals surface area contributed by atoms with Gasteiger partial charge in [0.25, 0.3) is 0 Å². The van der Waals surface area contributed by atoms with E-state index in [9.17, 15) is 4.79 Å². The number of carboxylic acid groups (broad SMARTS) is 1. The molecule has 2 fully saturated rings. The lowest BCUT2D eigenvalue weighted by molar-refractivity contribution is 0.106. The lowest BCUT2D eigenvalue weighted by Gasteiger charge is -2.32. The number of nitrogens with zero attached hydrogens (tertiary/aromatic N) is 1. The van der Waals surface area contributed by atoms with Gasteiger partial charge >= 0.3 is 6.09 Å². The van der Waals surface area contributed by atoms with Gasteiger partial charge in [-0.3, -0.25) is 0 Å². The highest BCUT2D eigenvalue weighted by Crippen LogP contribution is 2.37. The molecule has 1 saturated heterocycles. The van der Waals surface area contributed by atoms with Gasteiger partial charge in [0, 0.05) is 19.1 Å². The van der Waals surface area contributed by atoms with E-state index in [1.54, 1.807) is 0 Å². The van der Waals surface area contributed by atoms with Gasteiger partial charge in [0.1, 0.15) is 0 Å². The fourth-order valence-corrected chi connectivity index (χ4v) is 2.71. The second-order valence-corrected chi connectivity index (χ2v) is 4.27. The predicted molar refractivity (Wildman–Crippen MR) is 48.4 cm³/mol. The van der Waals surface area contributed by atoms with Crippen LogP contribution in [0.25, 0.3) is 0 Å². The highest BCUT2D eigenvalue weighted by atomic mass is 16.4. The summed E-state index contributed by atoms with van der Waals surface area (Å²) in [6.45, 7) is 1.40. The zero-order chi connectivity index (χ0) is 9.42. The van der Waals surface area contributed by atoms with Crippen LogP contribution in [0.5, 0.6) is 0 Å². The van der Waals surface area contributed by atoms with Crippen molar-refractivity contribution in [3.05, 3.63) is 0 Å². The van der Waals surface area contributed by atoms with Crippen LogP contribution in [-0.2, 0) is 0 Å². The van der Waals surface area contributed by atoms with Gasteiger partial charge in [-0.15, -0.1) is 0 Å². The Morgan fingerprint density at radius 2 is 2.08 bits per heavy atom. The first-order valence-electron chi connectivity index (χ1n) is 4.90. The molecule has 2 rings (SSSR count). The van der Waals surface area contributed by atoms with Crippen LogP contribution in [0.15, 0.2) is 0 Å². The lowest BCUT2D eigenvalue weighted by atomic mass is 9.89. The minimum atomic E-state index is -0.779. The second-order valence-electron chi connectivity index (χ2n) is 4.27. The quantitative estimate of drug-likeness (QED) is 0.583. The molecule has 13 heavy (non-hydrogen) atoms. The molecule has 1 heterocycles. The average Bonchev–Trinajstić information content (AvgIpc) is 2.42. The van der Waals surface area contributed by atoms with E-state index in [-0.39, 0.29) is 0 Å². The highest BCUT2D eigenvalue weighted by Gasteiger charge is 2.37. The number of carbonyl (C=O) groups is 1. The smallest absolute Gasteiger partial charge is 0.407 e. The molecule has 0 spiro atoms. The molecule has 0 radical (unpaired) electrons. The molecule has 0 aromatic heterocycles. The van der Waals surface area contributed by atoms with Gasteiger partial charge in [-0.05, 0) is 31.1 Å². The van der Waals surface area contributed by atoms with Gasteiger partial charge in [0.05, 0.1) is 0 Å². The Kier molecular flexibility index (Phi) is 2.15. The number of nitrogens with two attached hydrogens (primary N) is 1. The predicted octanol–water partition coefficient (Wildman–Crippen LogP) is 0.724. The summed E-state index contributed by atoms with van der Waals surface area (Å²) in [5.74, 6) is 1.21. The minimum absolute atomic E-state index is 0.309.